The summed E-state index contributed by atoms with van der Waals surface area (Å²) in [5.74, 6) is -2.38. The molecule has 1 N–H and O–H groups in total. The molecule has 9 heteroatoms. The average Bonchev–Trinajstić information content (AvgIpc) is 3.10. The van der Waals surface area contributed by atoms with Crippen LogP contribution >= 0.6 is 0 Å². The number of nitrogens with one attached hydrogen (secondary N) is 1. The van der Waals surface area contributed by atoms with Gasteiger partial charge in [0.25, 0.3) is 0 Å². The van der Waals surface area contributed by atoms with Gasteiger partial charge in [0.15, 0.2) is 11.6 Å². The van der Waals surface area contributed by atoms with Gasteiger partial charge in [0.2, 0.25) is 5.95 Å². The maximum absolute atomic E-state index is 13.9. The van der Waals surface area contributed by atoms with Crippen LogP contribution in [0.5, 0.6) is 0 Å². The minimum atomic E-state index is -1.12. The molecule has 0 amide bonds. The zero-order valence-corrected chi connectivity index (χ0v) is 14.4. The Morgan fingerprint density at radius 2 is 1.81 bits per heavy atom. The molecule has 0 aliphatic carbocycles. The standard InChI is InChI=1S/C18H17F3N6/c19-15-2-3-16(20)17(21)14(15)11-26-6-7-27-13(10-26)8-12(25-27)9-24-18-22-4-1-5-23-18/h1-5,8H,6-7,9-11H2,(H,22,23,24). The summed E-state index contributed by atoms with van der Waals surface area (Å²) in [5, 5.41) is 7.61. The Morgan fingerprint density at radius 3 is 2.63 bits per heavy atom. The summed E-state index contributed by atoms with van der Waals surface area (Å²) in [4.78, 5) is 10.1. The van der Waals surface area contributed by atoms with E-state index >= 15 is 0 Å². The zero-order valence-electron chi connectivity index (χ0n) is 14.4. The normalized spacial score (nSPS) is 14.2. The summed E-state index contributed by atoms with van der Waals surface area (Å²) in [7, 11) is 0. The van der Waals surface area contributed by atoms with Crippen LogP contribution in [0, 0.1) is 17.5 Å². The maximum Gasteiger partial charge on any atom is 0.222 e. The van der Waals surface area contributed by atoms with Crippen LogP contribution in [0.2, 0.25) is 0 Å². The summed E-state index contributed by atoms with van der Waals surface area (Å²) in [6.07, 6.45) is 3.30. The Kier molecular flexibility index (Phi) is 4.76. The van der Waals surface area contributed by atoms with E-state index in [-0.39, 0.29) is 12.1 Å². The van der Waals surface area contributed by atoms with Gasteiger partial charge < -0.3 is 5.32 Å². The molecule has 0 fully saturated rings. The van der Waals surface area contributed by atoms with Gasteiger partial charge in [-0.25, -0.2) is 23.1 Å². The molecule has 27 heavy (non-hydrogen) atoms. The molecule has 1 aliphatic heterocycles. The molecule has 0 spiro atoms. The molecule has 0 atom stereocenters. The van der Waals surface area contributed by atoms with Crippen molar-refractivity contribution in [1.29, 1.82) is 0 Å². The second-order valence-corrected chi connectivity index (χ2v) is 6.31. The molecule has 1 aliphatic rings. The summed E-state index contributed by atoms with van der Waals surface area (Å²) in [6, 6.07) is 5.42. The third-order valence-corrected chi connectivity index (χ3v) is 4.44. The van der Waals surface area contributed by atoms with Crippen LogP contribution < -0.4 is 5.32 Å². The Hall–Kier alpha value is -2.94. The van der Waals surface area contributed by atoms with Gasteiger partial charge in [-0.2, -0.15) is 5.10 Å². The molecule has 3 aromatic rings. The average molecular weight is 374 g/mol. The van der Waals surface area contributed by atoms with Crippen LogP contribution in [0.3, 0.4) is 0 Å². The topological polar surface area (TPSA) is 58.9 Å². The Balaban J connectivity index is 1.43. The largest absolute Gasteiger partial charge is 0.348 e. The second-order valence-electron chi connectivity index (χ2n) is 6.31. The number of benzene rings is 1. The molecule has 0 bridgehead atoms. The SMILES string of the molecule is Fc1ccc(F)c(CN2CCn3nc(CNc4ncccn4)cc3C2)c1F. The lowest BCUT2D eigenvalue weighted by atomic mass is 10.1. The molecule has 0 radical (unpaired) electrons. The molecular formula is C18H17F3N6. The molecule has 2 aromatic heterocycles. The van der Waals surface area contributed by atoms with Crippen molar-refractivity contribution >= 4 is 5.95 Å². The summed E-state index contributed by atoms with van der Waals surface area (Å²) in [6.45, 7) is 2.11. The number of hydrogen-bond donors (Lipinski definition) is 1. The van der Waals surface area contributed by atoms with Crippen LogP contribution in [0.4, 0.5) is 19.1 Å². The predicted molar refractivity (Wildman–Crippen MR) is 92.0 cm³/mol. The number of hydrogen-bond acceptors (Lipinski definition) is 5. The molecule has 140 valence electrons. The van der Waals surface area contributed by atoms with Gasteiger partial charge >= 0.3 is 0 Å². The quantitative estimate of drug-likeness (QED) is 0.696. The van der Waals surface area contributed by atoms with Crippen molar-refractivity contribution in [2.24, 2.45) is 0 Å². The van der Waals surface area contributed by atoms with Crippen LogP contribution in [0.1, 0.15) is 17.0 Å². The maximum atomic E-state index is 13.9. The molecule has 0 unspecified atom stereocenters. The van der Waals surface area contributed by atoms with E-state index in [1.54, 1.807) is 18.5 Å². The third kappa shape index (κ3) is 3.77. The summed E-state index contributed by atoms with van der Waals surface area (Å²) < 4.78 is 43.0. The lowest BCUT2D eigenvalue weighted by Crippen LogP contribution is -2.34. The fourth-order valence-corrected chi connectivity index (χ4v) is 3.10. The van der Waals surface area contributed by atoms with E-state index < -0.39 is 17.5 Å². The van der Waals surface area contributed by atoms with Crippen molar-refractivity contribution in [2.45, 2.75) is 26.2 Å². The predicted octanol–water partition coefficient (Wildman–Crippen LogP) is 2.72. The molecule has 4 rings (SSSR count). The van der Waals surface area contributed by atoms with Crippen molar-refractivity contribution in [3.05, 3.63) is 71.1 Å². The Labute approximate surface area is 153 Å². The number of anilines is 1. The highest BCUT2D eigenvalue weighted by Gasteiger charge is 2.22. The molecule has 6 nitrogen and oxygen atoms in total. The molecule has 1 aromatic carbocycles. The lowest BCUT2D eigenvalue weighted by molar-refractivity contribution is 0.199. The zero-order chi connectivity index (χ0) is 18.8. The highest BCUT2D eigenvalue weighted by Crippen LogP contribution is 2.21. The van der Waals surface area contributed by atoms with E-state index in [1.807, 2.05) is 15.6 Å². The molecular weight excluding hydrogens is 357 g/mol. The summed E-state index contributed by atoms with van der Waals surface area (Å²) in [5.41, 5.74) is 1.51. The van der Waals surface area contributed by atoms with Crippen molar-refractivity contribution in [3.8, 4) is 0 Å². The van der Waals surface area contributed by atoms with Crippen LogP contribution in [0.15, 0.2) is 36.7 Å². The van der Waals surface area contributed by atoms with Crippen LogP contribution in [-0.4, -0.2) is 31.2 Å². The first-order valence-corrected chi connectivity index (χ1v) is 8.51. The lowest BCUT2D eigenvalue weighted by Gasteiger charge is -2.27. The highest BCUT2D eigenvalue weighted by molar-refractivity contribution is 5.25. The van der Waals surface area contributed by atoms with Gasteiger partial charge in [-0.05, 0) is 24.3 Å². The first kappa shape index (κ1) is 17.5. The van der Waals surface area contributed by atoms with E-state index in [2.05, 4.69) is 20.4 Å². The van der Waals surface area contributed by atoms with Crippen molar-refractivity contribution in [3.63, 3.8) is 0 Å². The second kappa shape index (κ2) is 7.36. The number of halogens is 3. The van der Waals surface area contributed by atoms with Gasteiger partial charge in [-0.15, -0.1) is 0 Å². The van der Waals surface area contributed by atoms with Crippen LogP contribution in [-0.2, 0) is 26.2 Å². The van der Waals surface area contributed by atoms with E-state index in [0.717, 1.165) is 23.5 Å². The summed E-state index contributed by atoms with van der Waals surface area (Å²) >= 11 is 0. The number of rotatable bonds is 5. The smallest absolute Gasteiger partial charge is 0.222 e. The Bertz CT molecular complexity index is 944. The van der Waals surface area contributed by atoms with Crippen LogP contribution in [0.25, 0.3) is 0 Å². The fraction of sp³-hybridized carbons (Fsp3) is 0.278. The first-order chi connectivity index (χ1) is 13.1. The van der Waals surface area contributed by atoms with E-state index in [0.29, 0.717) is 32.1 Å². The molecule has 3 heterocycles. The van der Waals surface area contributed by atoms with Gasteiger partial charge in [-0.3, -0.25) is 9.58 Å². The van der Waals surface area contributed by atoms with Gasteiger partial charge in [0, 0.05) is 37.6 Å². The van der Waals surface area contributed by atoms with Gasteiger partial charge in [-0.1, -0.05) is 0 Å². The Morgan fingerprint density at radius 1 is 1.04 bits per heavy atom. The molecule has 0 saturated carbocycles. The number of fused-ring (bicyclic) bond motifs is 1. The van der Waals surface area contributed by atoms with Crippen molar-refractivity contribution < 1.29 is 13.2 Å². The number of aromatic nitrogens is 4. The monoisotopic (exact) mass is 374 g/mol. The first-order valence-electron chi connectivity index (χ1n) is 8.51. The van der Waals surface area contributed by atoms with Crippen molar-refractivity contribution in [1.82, 2.24) is 24.6 Å². The highest BCUT2D eigenvalue weighted by atomic mass is 19.2. The minimum Gasteiger partial charge on any atom is -0.348 e. The third-order valence-electron chi connectivity index (χ3n) is 4.44. The van der Waals surface area contributed by atoms with E-state index in [1.165, 1.54) is 0 Å². The van der Waals surface area contributed by atoms with Gasteiger partial charge in [0.1, 0.15) is 5.82 Å². The van der Waals surface area contributed by atoms with Gasteiger partial charge in [0.05, 0.1) is 24.5 Å². The minimum absolute atomic E-state index is 0.00600. The van der Waals surface area contributed by atoms with E-state index in [9.17, 15) is 13.2 Å². The molecule has 0 saturated heterocycles. The number of nitrogens with zero attached hydrogens (tertiary/aromatic N) is 5. The fourth-order valence-electron chi connectivity index (χ4n) is 3.10. The van der Waals surface area contributed by atoms with E-state index in [4.69, 9.17) is 0 Å². The van der Waals surface area contributed by atoms with Crippen molar-refractivity contribution in [2.75, 3.05) is 11.9 Å².